The zero-order valence-electron chi connectivity index (χ0n) is 19.0. The molecule has 0 saturated carbocycles. The Hall–Kier alpha value is -3.20. The number of para-hydroxylation sites is 1. The lowest BCUT2D eigenvalue weighted by atomic mass is 10.2. The van der Waals surface area contributed by atoms with Gasteiger partial charge in [-0.1, -0.05) is 41.4 Å². The van der Waals surface area contributed by atoms with Gasteiger partial charge in [-0.15, -0.1) is 0 Å². The molecule has 7 nitrogen and oxygen atoms in total. The summed E-state index contributed by atoms with van der Waals surface area (Å²) in [6.45, 7) is 2.17. The Morgan fingerprint density at radius 2 is 1.69 bits per heavy atom. The average Bonchev–Trinajstić information content (AvgIpc) is 3.46. The van der Waals surface area contributed by atoms with Crippen molar-refractivity contribution in [2.24, 2.45) is 0 Å². The van der Waals surface area contributed by atoms with Crippen molar-refractivity contribution >= 4 is 63.8 Å². The quantitative estimate of drug-likeness (QED) is 0.389. The highest BCUT2D eigenvalue weighted by Crippen LogP contribution is 2.34. The van der Waals surface area contributed by atoms with E-state index in [0.717, 1.165) is 27.9 Å². The van der Waals surface area contributed by atoms with Crippen LogP contribution in [0.3, 0.4) is 0 Å². The number of piperazine rings is 1. The lowest BCUT2D eigenvalue weighted by molar-refractivity contribution is -0.136. The van der Waals surface area contributed by atoms with E-state index in [4.69, 9.17) is 27.6 Å². The molecule has 0 atom stereocenters. The van der Waals surface area contributed by atoms with Gasteiger partial charge in [-0.05, 0) is 54.2 Å². The van der Waals surface area contributed by atoms with Gasteiger partial charge in [-0.2, -0.15) is 0 Å². The number of amides is 3. The molecule has 2 fully saturated rings. The molecule has 1 aromatic heterocycles. The largest absolute Gasteiger partial charge is 0.457 e. The third-order valence-corrected chi connectivity index (χ3v) is 7.67. The molecule has 0 aliphatic carbocycles. The third kappa shape index (κ3) is 5.16. The number of imide groups is 1. The van der Waals surface area contributed by atoms with Gasteiger partial charge in [0.1, 0.15) is 18.1 Å². The third-order valence-electron chi connectivity index (χ3n) is 6.02. The maximum absolute atomic E-state index is 12.9. The molecule has 36 heavy (non-hydrogen) atoms. The number of carbonyl (C=O) groups excluding carboxylic acids is 3. The number of hydrogen-bond donors (Lipinski definition) is 0. The summed E-state index contributed by atoms with van der Waals surface area (Å²) in [6, 6.07) is 18.6. The van der Waals surface area contributed by atoms with Crippen LogP contribution in [0.1, 0.15) is 5.76 Å². The van der Waals surface area contributed by atoms with Gasteiger partial charge in [-0.25, -0.2) is 0 Å². The molecule has 2 aliphatic rings. The summed E-state index contributed by atoms with van der Waals surface area (Å²) in [4.78, 5) is 43.4. The Balaban J connectivity index is 1.21. The monoisotopic (exact) mass is 541 g/mol. The Morgan fingerprint density at radius 3 is 2.42 bits per heavy atom. The van der Waals surface area contributed by atoms with Crippen LogP contribution in [0.4, 0.5) is 10.5 Å². The Kier molecular flexibility index (Phi) is 7.09. The van der Waals surface area contributed by atoms with E-state index in [1.165, 1.54) is 6.08 Å². The second kappa shape index (κ2) is 10.4. The van der Waals surface area contributed by atoms with Crippen LogP contribution in [0.2, 0.25) is 10.0 Å². The minimum Gasteiger partial charge on any atom is -0.457 e. The fraction of sp³-hybridized carbons (Fsp3) is 0.192. The first-order valence-corrected chi connectivity index (χ1v) is 12.8. The van der Waals surface area contributed by atoms with Crippen molar-refractivity contribution in [3.8, 4) is 11.3 Å². The van der Waals surface area contributed by atoms with Gasteiger partial charge in [0, 0.05) is 43.5 Å². The highest BCUT2D eigenvalue weighted by molar-refractivity contribution is 8.18. The molecule has 2 aromatic carbocycles. The SMILES string of the molecule is O=C(CN1C(=O)SC(=Cc2ccc(-c3ccc(Cl)c(Cl)c3)o2)C1=O)N1CCN(c2ccccc2)CC1. The molecule has 184 valence electrons. The number of carbonyl (C=O) groups is 3. The molecular formula is C26H21Cl2N3O4S. The van der Waals surface area contributed by atoms with Gasteiger partial charge in [0.15, 0.2) is 0 Å². The number of anilines is 1. The number of halogens is 2. The fourth-order valence-electron chi connectivity index (χ4n) is 4.09. The molecule has 10 heteroatoms. The first-order valence-electron chi connectivity index (χ1n) is 11.3. The Labute approximate surface area is 222 Å². The summed E-state index contributed by atoms with van der Waals surface area (Å²) in [7, 11) is 0. The second-order valence-corrected chi connectivity index (χ2v) is 10.1. The molecule has 0 N–H and O–H groups in total. The molecule has 5 rings (SSSR count). The summed E-state index contributed by atoms with van der Waals surface area (Å²) in [6.07, 6.45) is 1.51. The van der Waals surface area contributed by atoms with Crippen molar-refractivity contribution < 1.29 is 18.8 Å². The molecule has 3 heterocycles. The van der Waals surface area contributed by atoms with E-state index >= 15 is 0 Å². The molecule has 2 aliphatic heterocycles. The zero-order valence-corrected chi connectivity index (χ0v) is 21.4. The fourth-order valence-corrected chi connectivity index (χ4v) is 5.21. The molecule has 0 bridgehead atoms. The number of thioether (sulfide) groups is 1. The van der Waals surface area contributed by atoms with E-state index in [9.17, 15) is 14.4 Å². The molecule has 3 aromatic rings. The van der Waals surface area contributed by atoms with Crippen molar-refractivity contribution in [3.05, 3.63) is 81.4 Å². The standard InChI is InChI=1S/C26H21Cl2N3O4S/c27-20-8-6-17(14-21(20)28)22-9-7-19(35-22)15-23-25(33)31(26(34)36-23)16-24(32)30-12-10-29(11-13-30)18-4-2-1-3-5-18/h1-9,14-15H,10-13,16H2. The Bertz CT molecular complexity index is 1350. The minimum atomic E-state index is -0.506. The zero-order chi connectivity index (χ0) is 25.2. The van der Waals surface area contributed by atoms with Crippen LogP contribution in [0.25, 0.3) is 17.4 Å². The molecular weight excluding hydrogens is 521 g/mol. The normalized spacial score (nSPS) is 17.4. The Morgan fingerprint density at radius 1 is 0.944 bits per heavy atom. The summed E-state index contributed by atoms with van der Waals surface area (Å²) in [5, 5.41) is 0.367. The predicted octanol–water partition coefficient (Wildman–Crippen LogP) is 5.64. The molecule has 0 radical (unpaired) electrons. The van der Waals surface area contributed by atoms with Crippen molar-refractivity contribution in [2.75, 3.05) is 37.6 Å². The van der Waals surface area contributed by atoms with Gasteiger partial charge in [-0.3, -0.25) is 19.3 Å². The summed E-state index contributed by atoms with van der Waals surface area (Å²) < 4.78 is 5.81. The number of rotatable bonds is 5. The lowest BCUT2D eigenvalue weighted by Crippen LogP contribution is -2.51. The van der Waals surface area contributed by atoms with Gasteiger partial charge in [0.25, 0.3) is 11.1 Å². The molecule has 3 amide bonds. The second-order valence-electron chi connectivity index (χ2n) is 8.30. The molecule has 2 saturated heterocycles. The van der Waals surface area contributed by atoms with Crippen LogP contribution < -0.4 is 4.90 Å². The smallest absolute Gasteiger partial charge is 0.294 e. The average molecular weight is 542 g/mol. The summed E-state index contributed by atoms with van der Waals surface area (Å²) in [5.41, 5.74) is 1.84. The van der Waals surface area contributed by atoms with Crippen LogP contribution in [-0.2, 0) is 9.59 Å². The lowest BCUT2D eigenvalue weighted by Gasteiger charge is -2.36. The number of hydrogen-bond acceptors (Lipinski definition) is 6. The predicted molar refractivity (Wildman–Crippen MR) is 142 cm³/mol. The topological polar surface area (TPSA) is 74.1 Å². The highest BCUT2D eigenvalue weighted by Gasteiger charge is 2.37. The summed E-state index contributed by atoms with van der Waals surface area (Å²) >= 11 is 12.8. The molecule has 0 unspecified atom stereocenters. The number of furan rings is 1. The minimum absolute atomic E-state index is 0.205. The van der Waals surface area contributed by atoms with Crippen LogP contribution in [0, 0.1) is 0 Å². The van der Waals surface area contributed by atoms with Gasteiger partial charge in [0.05, 0.1) is 15.0 Å². The number of benzene rings is 2. The van der Waals surface area contributed by atoms with Crippen molar-refractivity contribution in [1.29, 1.82) is 0 Å². The van der Waals surface area contributed by atoms with E-state index in [1.54, 1.807) is 35.2 Å². The van der Waals surface area contributed by atoms with Gasteiger partial charge in [0.2, 0.25) is 5.91 Å². The highest BCUT2D eigenvalue weighted by atomic mass is 35.5. The maximum Gasteiger partial charge on any atom is 0.294 e. The van der Waals surface area contributed by atoms with Gasteiger partial charge < -0.3 is 14.2 Å². The van der Waals surface area contributed by atoms with Crippen molar-refractivity contribution in [1.82, 2.24) is 9.80 Å². The van der Waals surface area contributed by atoms with Gasteiger partial charge >= 0.3 is 0 Å². The first-order chi connectivity index (χ1) is 17.4. The molecule has 0 spiro atoms. The van der Waals surface area contributed by atoms with E-state index in [-0.39, 0.29) is 17.4 Å². The maximum atomic E-state index is 12.9. The summed E-state index contributed by atoms with van der Waals surface area (Å²) in [5.74, 6) is 0.203. The van der Waals surface area contributed by atoms with Crippen LogP contribution in [0.5, 0.6) is 0 Å². The van der Waals surface area contributed by atoms with Crippen molar-refractivity contribution in [3.63, 3.8) is 0 Å². The van der Waals surface area contributed by atoms with Crippen molar-refractivity contribution in [2.45, 2.75) is 0 Å². The van der Waals surface area contributed by atoms with E-state index in [1.807, 2.05) is 30.3 Å². The van der Waals surface area contributed by atoms with E-state index < -0.39 is 11.1 Å². The van der Waals surface area contributed by atoms with Crippen LogP contribution >= 0.6 is 35.0 Å². The van der Waals surface area contributed by atoms with Crippen LogP contribution in [-0.4, -0.2) is 59.6 Å². The number of nitrogens with zero attached hydrogens (tertiary/aromatic N) is 3. The van der Waals surface area contributed by atoms with E-state index in [2.05, 4.69) is 4.90 Å². The first kappa shape index (κ1) is 24.5. The van der Waals surface area contributed by atoms with Crippen LogP contribution in [0.15, 0.2) is 70.0 Å². The van der Waals surface area contributed by atoms with E-state index in [0.29, 0.717) is 47.7 Å².